The summed E-state index contributed by atoms with van der Waals surface area (Å²) in [5.74, 6) is 1.25. The van der Waals surface area contributed by atoms with Crippen LogP contribution in [0.1, 0.15) is 36.8 Å². The average Bonchev–Trinajstić information content (AvgIpc) is 2.82. The third-order valence-corrected chi connectivity index (χ3v) is 3.57. The Morgan fingerprint density at radius 1 is 1.47 bits per heavy atom. The number of aliphatic hydroxyl groups excluding tert-OH is 1. The SMILES string of the molecule is CCC(N)C(CCO)c1ccc2c(c1)CCO2. The van der Waals surface area contributed by atoms with Gasteiger partial charge < -0.3 is 15.6 Å². The smallest absolute Gasteiger partial charge is 0.122 e. The molecule has 0 saturated carbocycles. The van der Waals surface area contributed by atoms with E-state index in [4.69, 9.17) is 15.6 Å². The van der Waals surface area contributed by atoms with E-state index in [-0.39, 0.29) is 18.6 Å². The van der Waals surface area contributed by atoms with Crippen molar-refractivity contribution < 1.29 is 9.84 Å². The van der Waals surface area contributed by atoms with Gasteiger partial charge in [-0.15, -0.1) is 0 Å². The van der Waals surface area contributed by atoms with Crippen LogP contribution in [0.15, 0.2) is 18.2 Å². The lowest BCUT2D eigenvalue weighted by Gasteiger charge is -2.23. The van der Waals surface area contributed by atoms with Crippen molar-refractivity contribution in [1.29, 1.82) is 0 Å². The summed E-state index contributed by atoms with van der Waals surface area (Å²) in [6.07, 6.45) is 2.64. The first-order valence-electron chi connectivity index (χ1n) is 6.38. The van der Waals surface area contributed by atoms with Gasteiger partial charge in [0.1, 0.15) is 5.75 Å². The van der Waals surface area contributed by atoms with Gasteiger partial charge in [-0.05, 0) is 30.0 Å². The van der Waals surface area contributed by atoms with Crippen molar-refractivity contribution >= 4 is 0 Å². The molecule has 1 aliphatic rings. The number of hydrogen-bond acceptors (Lipinski definition) is 3. The highest BCUT2D eigenvalue weighted by Gasteiger charge is 2.20. The molecular formula is C14H21NO2. The zero-order valence-corrected chi connectivity index (χ0v) is 10.4. The van der Waals surface area contributed by atoms with Crippen LogP contribution in [-0.4, -0.2) is 24.4 Å². The summed E-state index contributed by atoms with van der Waals surface area (Å²) in [7, 11) is 0. The van der Waals surface area contributed by atoms with Crippen LogP contribution in [0, 0.1) is 0 Å². The molecule has 1 heterocycles. The van der Waals surface area contributed by atoms with Gasteiger partial charge in [-0.1, -0.05) is 19.1 Å². The van der Waals surface area contributed by atoms with Crippen LogP contribution in [0.25, 0.3) is 0 Å². The fourth-order valence-corrected chi connectivity index (χ4v) is 2.49. The Hall–Kier alpha value is -1.06. The Bertz CT molecular complexity index is 378. The van der Waals surface area contributed by atoms with Crippen LogP contribution in [0.3, 0.4) is 0 Å². The molecule has 3 nitrogen and oxygen atoms in total. The second kappa shape index (κ2) is 5.52. The first kappa shape index (κ1) is 12.4. The van der Waals surface area contributed by atoms with Crippen molar-refractivity contribution in [1.82, 2.24) is 0 Å². The number of benzene rings is 1. The first-order valence-corrected chi connectivity index (χ1v) is 6.38. The van der Waals surface area contributed by atoms with E-state index >= 15 is 0 Å². The minimum Gasteiger partial charge on any atom is -0.493 e. The Morgan fingerprint density at radius 2 is 2.29 bits per heavy atom. The molecule has 0 fully saturated rings. The third-order valence-electron chi connectivity index (χ3n) is 3.57. The molecule has 17 heavy (non-hydrogen) atoms. The number of hydrogen-bond donors (Lipinski definition) is 2. The van der Waals surface area contributed by atoms with Crippen LogP contribution in [-0.2, 0) is 6.42 Å². The Kier molecular flexibility index (Phi) is 4.02. The molecule has 94 valence electrons. The van der Waals surface area contributed by atoms with E-state index < -0.39 is 0 Å². The maximum Gasteiger partial charge on any atom is 0.122 e. The molecule has 2 atom stereocenters. The Morgan fingerprint density at radius 3 is 3.00 bits per heavy atom. The zero-order chi connectivity index (χ0) is 12.3. The van der Waals surface area contributed by atoms with Gasteiger partial charge in [-0.3, -0.25) is 0 Å². The van der Waals surface area contributed by atoms with Crippen molar-refractivity contribution in [3.63, 3.8) is 0 Å². The monoisotopic (exact) mass is 235 g/mol. The molecule has 2 unspecified atom stereocenters. The molecule has 3 heteroatoms. The van der Waals surface area contributed by atoms with Crippen molar-refractivity contribution in [2.75, 3.05) is 13.2 Å². The summed E-state index contributed by atoms with van der Waals surface area (Å²) < 4.78 is 5.50. The summed E-state index contributed by atoms with van der Waals surface area (Å²) in [6.45, 7) is 3.06. The van der Waals surface area contributed by atoms with E-state index in [0.29, 0.717) is 0 Å². The van der Waals surface area contributed by atoms with Gasteiger partial charge in [-0.2, -0.15) is 0 Å². The fraction of sp³-hybridized carbons (Fsp3) is 0.571. The largest absolute Gasteiger partial charge is 0.493 e. The summed E-state index contributed by atoms with van der Waals surface area (Å²) in [4.78, 5) is 0. The number of nitrogens with two attached hydrogens (primary N) is 1. The molecule has 0 bridgehead atoms. The van der Waals surface area contributed by atoms with Crippen LogP contribution >= 0.6 is 0 Å². The van der Waals surface area contributed by atoms with E-state index in [9.17, 15) is 0 Å². The van der Waals surface area contributed by atoms with Crippen LogP contribution in [0.5, 0.6) is 5.75 Å². The molecule has 0 radical (unpaired) electrons. The standard InChI is InChI=1S/C14H21NO2/c1-2-13(15)12(5-7-16)10-3-4-14-11(9-10)6-8-17-14/h3-4,9,12-13,16H,2,5-8,15H2,1H3. The summed E-state index contributed by atoms with van der Waals surface area (Å²) >= 11 is 0. The van der Waals surface area contributed by atoms with Crippen molar-refractivity contribution in [2.24, 2.45) is 5.73 Å². The van der Waals surface area contributed by atoms with Gasteiger partial charge in [0.15, 0.2) is 0 Å². The number of ether oxygens (including phenoxy) is 1. The highest BCUT2D eigenvalue weighted by molar-refractivity contribution is 5.41. The molecule has 0 amide bonds. The minimum absolute atomic E-state index is 0.113. The predicted octanol–water partition coefficient (Wildman–Crippen LogP) is 1.82. The lowest BCUT2D eigenvalue weighted by atomic mass is 9.87. The normalized spacial score (nSPS) is 17.4. The molecule has 2 rings (SSSR count). The molecule has 1 aromatic carbocycles. The third kappa shape index (κ3) is 2.61. The lowest BCUT2D eigenvalue weighted by molar-refractivity contribution is 0.266. The van der Waals surface area contributed by atoms with E-state index in [0.717, 1.165) is 31.6 Å². The van der Waals surface area contributed by atoms with Crippen LogP contribution < -0.4 is 10.5 Å². The molecule has 1 aromatic rings. The van der Waals surface area contributed by atoms with E-state index in [2.05, 4.69) is 19.1 Å². The lowest BCUT2D eigenvalue weighted by Crippen LogP contribution is -2.28. The molecule has 3 N–H and O–H groups in total. The van der Waals surface area contributed by atoms with Gasteiger partial charge in [0, 0.05) is 25.0 Å². The van der Waals surface area contributed by atoms with Crippen LogP contribution in [0.2, 0.25) is 0 Å². The van der Waals surface area contributed by atoms with E-state index in [1.54, 1.807) is 0 Å². The van der Waals surface area contributed by atoms with E-state index in [1.165, 1.54) is 11.1 Å². The van der Waals surface area contributed by atoms with E-state index in [1.807, 2.05) is 6.07 Å². The number of fused-ring (bicyclic) bond motifs is 1. The van der Waals surface area contributed by atoms with Gasteiger partial charge in [0.25, 0.3) is 0 Å². The summed E-state index contributed by atoms with van der Waals surface area (Å²) in [6, 6.07) is 6.42. The quantitative estimate of drug-likeness (QED) is 0.818. The Labute approximate surface area is 103 Å². The maximum atomic E-state index is 9.16. The van der Waals surface area contributed by atoms with Crippen molar-refractivity contribution in [3.8, 4) is 5.75 Å². The minimum atomic E-state index is 0.113. The van der Waals surface area contributed by atoms with Gasteiger partial charge in [0.2, 0.25) is 0 Å². The summed E-state index contributed by atoms with van der Waals surface area (Å²) in [5.41, 5.74) is 8.64. The van der Waals surface area contributed by atoms with Crippen molar-refractivity contribution in [3.05, 3.63) is 29.3 Å². The van der Waals surface area contributed by atoms with Gasteiger partial charge >= 0.3 is 0 Å². The van der Waals surface area contributed by atoms with Crippen LogP contribution in [0.4, 0.5) is 0 Å². The zero-order valence-electron chi connectivity index (χ0n) is 10.4. The molecular weight excluding hydrogens is 214 g/mol. The molecule has 0 saturated heterocycles. The molecule has 1 aliphatic heterocycles. The van der Waals surface area contributed by atoms with Crippen molar-refractivity contribution in [2.45, 2.75) is 38.1 Å². The number of rotatable bonds is 5. The number of aliphatic hydroxyl groups is 1. The summed E-state index contributed by atoms with van der Waals surface area (Å²) in [5, 5.41) is 9.16. The highest BCUT2D eigenvalue weighted by atomic mass is 16.5. The predicted molar refractivity (Wildman–Crippen MR) is 68.4 cm³/mol. The molecule has 0 aromatic heterocycles. The van der Waals surface area contributed by atoms with Gasteiger partial charge in [0.05, 0.1) is 6.61 Å². The molecule has 0 spiro atoms. The first-order chi connectivity index (χ1) is 8.26. The fourth-order valence-electron chi connectivity index (χ4n) is 2.49. The topological polar surface area (TPSA) is 55.5 Å². The second-order valence-corrected chi connectivity index (χ2v) is 4.66. The second-order valence-electron chi connectivity index (χ2n) is 4.66. The van der Waals surface area contributed by atoms with Gasteiger partial charge in [-0.25, -0.2) is 0 Å². The maximum absolute atomic E-state index is 9.16. The average molecular weight is 235 g/mol. The molecule has 0 aliphatic carbocycles. The highest BCUT2D eigenvalue weighted by Crippen LogP contribution is 2.31. The Balaban J connectivity index is 2.23.